The van der Waals surface area contributed by atoms with Crippen LogP contribution in [0.25, 0.3) is 0 Å². The van der Waals surface area contributed by atoms with Gasteiger partial charge in [-0.1, -0.05) is 36.4 Å². The molecule has 0 spiro atoms. The van der Waals surface area contributed by atoms with E-state index in [4.69, 9.17) is 0 Å². The summed E-state index contributed by atoms with van der Waals surface area (Å²) in [5.41, 5.74) is -1.30. The van der Waals surface area contributed by atoms with E-state index < -0.39 is 28.8 Å². The van der Waals surface area contributed by atoms with Crippen molar-refractivity contribution in [2.24, 2.45) is 5.92 Å². The summed E-state index contributed by atoms with van der Waals surface area (Å²) < 4.78 is -0.652. The van der Waals surface area contributed by atoms with Crippen molar-refractivity contribution < 1.29 is 20.1 Å². The predicted octanol–water partition coefficient (Wildman–Crippen LogP) is 1.18. The summed E-state index contributed by atoms with van der Waals surface area (Å²) in [5, 5.41) is 28.7. The first kappa shape index (κ1) is 20.1. The second kappa shape index (κ2) is 8.51. The Kier molecular flexibility index (Phi) is 8.54. The largest absolute Gasteiger partial charge is 0.394 e. The van der Waals surface area contributed by atoms with E-state index in [2.05, 4.69) is 13.8 Å². The van der Waals surface area contributed by atoms with Gasteiger partial charge >= 0.3 is 0 Å². The van der Waals surface area contributed by atoms with Crippen LogP contribution < -0.4 is 0 Å². The second-order valence-electron chi connectivity index (χ2n) is 6.16. The minimum Gasteiger partial charge on any atom is -0.394 e. The summed E-state index contributed by atoms with van der Waals surface area (Å²) in [6.45, 7) is 6.81. The Morgan fingerprint density at radius 1 is 1.15 bits per heavy atom. The zero-order valence-electron chi connectivity index (χ0n) is 12.9. The van der Waals surface area contributed by atoms with Crippen LogP contribution >= 0.6 is 22.6 Å². The third-order valence-corrected chi connectivity index (χ3v) is 3.83. The van der Waals surface area contributed by atoms with Crippen molar-refractivity contribution in [2.75, 3.05) is 26.4 Å². The Hall–Kier alpha value is 0.0800. The molecule has 0 rings (SSSR count). The first-order valence-electron chi connectivity index (χ1n) is 6.98. The third-order valence-electron chi connectivity index (χ3n) is 3.37. The number of halogens is 1. The fourth-order valence-corrected chi connectivity index (χ4v) is 2.23. The topological polar surface area (TPSA) is 81.0 Å². The molecule has 20 heavy (non-hydrogen) atoms. The van der Waals surface area contributed by atoms with Gasteiger partial charge in [-0.25, -0.2) is 0 Å². The summed E-state index contributed by atoms with van der Waals surface area (Å²) in [5.74, 6) is 0.338. The van der Waals surface area contributed by atoms with Crippen LogP contribution in [0.4, 0.5) is 0 Å². The molecule has 0 saturated carbocycles. The molecule has 6 heteroatoms. The molecular formula is C14H28INO4. The lowest BCUT2D eigenvalue weighted by Gasteiger charge is -2.42. The van der Waals surface area contributed by atoms with Crippen LogP contribution in [0, 0.1) is 5.92 Å². The van der Waals surface area contributed by atoms with Crippen LogP contribution in [-0.2, 0) is 4.79 Å². The Morgan fingerprint density at radius 3 is 1.90 bits per heavy atom. The molecule has 0 heterocycles. The molecule has 0 aliphatic heterocycles. The second-order valence-corrected chi connectivity index (χ2v) is 8.86. The lowest BCUT2D eigenvalue weighted by molar-refractivity contribution is -0.147. The van der Waals surface area contributed by atoms with E-state index in [-0.39, 0.29) is 5.91 Å². The van der Waals surface area contributed by atoms with Gasteiger partial charge in [0.2, 0.25) is 5.91 Å². The molecule has 0 saturated heterocycles. The quantitative estimate of drug-likeness (QED) is 0.401. The highest BCUT2D eigenvalue weighted by Crippen LogP contribution is 2.26. The number of hydrogen-bond donors (Lipinski definition) is 3. The Balaban J connectivity index is 5.19. The van der Waals surface area contributed by atoms with Crippen LogP contribution in [0.15, 0.2) is 0 Å². The van der Waals surface area contributed by atoms with Gasteiger partial charge in [0.25, 0.3) is 0 Å². The van der Waals surface area contributed by atoms with Crippen molar-refractivity contribution in [2.45, 2.75) is 49.5 Å². The number of carbonyl (C=O) groups is 1. The first-order valence-corrected chi connectivity index (χ1v) is 8.06. The molecule has 0 radical (unpaired) electrons. The third kappa shape index (κ3) is 5.46. The molecule has 0 bridgehead atoms. The minimum absolute atomic E-state index is 0.181. The zero-order chi connectivity index (χ0) is 16.0. The fraction of sp³-hybridized carbons (Fsp3) is 0.929. The molecule has 0 atom stereocenters. The Morgan fingerprint density at radius 2 is 1.60 bits per heavy atom. The molecule has 0 aliphatic rings. The maximum atomic E-state index is 12.5. The average molecular weight is 401 g/mol. The maximum Gasteiger partial charge on any atom is 0.238 e. The van der Waals surface area contributed by atoms with Crippen molar-refractivity contribution in [1.29, 1.82) is 0 Å². The lowest BCUT2D eigenvalue weighted by Crippen LogP contribution is -2.62. The van der Waals surface area contributed by atoms with Crippen LogP contribution in [-0.4, -0.2) is 61.5 Å². The van der Waals surface area contributed by atoms with Crippen molar-refractivity contribution in [3.63, 3.8) is 0 Å². The summed E-state index contributed by atoms with van der Waals surface area (Å²) in [7, 11) is 0. The van der Waals surface area contributed by atoms with E-state index in [0.717, 1.165) is 12.8 Å². The highest BCUT2D eigenvalue weighted by molar-refractivity contribution is 14.1. The molecule has 0 unspecified atom stereocenters. The number of carbonyl (C=O) groups excluding carboxylic acids is 1. The Bertz CT molecular complexity index is 290. The number of amides is 1. The number of aliphatic hydroxyl groups excluding tert-OH is 3. The zero-order valence-corrected chi connectivity index (χ0v) is 15.1. The molecule has 1 amide bonds. The van der Waals surface area contributed by atoms with Gasteiger partial charge in [0, 0.05) is 6.54 Å². The van der Waals surface area contributed by atoms with Crippen LogP contribution in [0.1, 0.15) is 40.5 Å². The number of rotatable bonds is 9. The molecule has 0 fully saturated rings. The smallest absolute Gasteiger partial charge is 0.238 e. The monoisotopic (exact) mass is 401 g/mol. The standard InChI is InChI=1S/C14H28INO4/c1-11(2)6-5-7-16(12(20)13(3,4)15)14(8-17,9-18)10-19/h11,17-19H,5-10H2,1-4H3. The Labute approximate surface area is 135 Å². The van der Waals surface area contributed by atoms with Gasteiger partial charge in [-0.3, -0.25) is 4.79 Å². The number of aliphatic hydroxyl groups is 3. The van der Waals surface area contributed by atoms with Crippen LogP contribution in [0.5, 0.6) is 0 Å². The van der Waals surface area contributed by atoms with Gasteiger partial charge in [0.05, 0.1) is 23.2 Å². The normalized spacial score (nSPS) is 12.8. The average Bonchev–Trinajstić information content (AvgIpc) is 2.37. The van der Waals surface area contributed by atoms with E-state index in [9.17, 15) is 20.1 Å². The number of alkyl halides is 1. The van der Waals surface area contributed by atoms with Gasteiger partial charge in [0.1, 0.15) is 5.54 Å². The fourth-order valence-electron chi connectivity index (χ4n) is 1.94. The van der Waals surface area contributed by atoms with Crippen LogP contribution in [0.3, 0.4) is 0 Å². The van der Waals surface area contributed by atoms with E-state index in [1.807, 2.05) is 22.6 Å². The van der Waals surface area contributed by atoms with Crippen molar-refractivity contribution in [3.05, 3.63) is 0 Å². The predicted molar refractivity (Wildman–Crippen MR) is 87.9 cm³/mol. The highest BCUT2D eigenvalue weighted by Gasteiger charge is 2.42. The van der Waals surface area contributed by atoms with Gasteiger partial charge < -0.3 is 20.2 Å². The molecule has 5 nitrogen and oxygen atoms in total. The number of hydrogen-bond acceptors (Lipinski definition) is 4. The van der Waals surface area contributed by atoms with Gasteiger partial charge in [-0.05, 0) is 32.6 Å². The van der Waals surface area contributed by atoms with E-state index >= 15 is 0 Å². The molecule has 0 aromatic heterocycles. The maximum absolute atomic E-state index is 12.5. The molecule has 3 N–H and O–H groups in total. The van der Waals surface area contributed by atoms with Crippen molar-refractivity contribution in [1.82, 2.24) is 4.90 Å². The highest BCUT2D eigenvalue weighted by atomic mass is 127. The SMILES string of the molecule is CC(C)CCCN(C(=O)C(C)(C)I)C(CO)(CO)CO. The molecular weight excluding hydrogens is 373 g/mol. The van der Waals surface area contributed by atoms with E-state index in [1.54, 1.807) is 13.8 Å². The summed E-state index contributed by atoms with van der Waals surface area (Å²) >= 11 is 2.04. The minimum atomic E-state index is -1.30. The molecule has 0 aromatic carbocycles. The number of nitrogens with zero attached hydrogens (tertiary/aromatic N) is 1. The van der Waals surface area contributed by atoms with Crippen molar-refractivity contribution in [3.8, 4) is 0 Å². The van der Waals surface area contributed by atoms with E-state index in [1.165, 1.54) is 4.90 Å². The molecule has 0 aliphatic carbocycles. The molecule has 0 aromatic rings. The first-order chi connectivity index (χ1) is 9.14. The summed E-state index contributed by atoms with van der Waals surface area (Å²) in [4.78, 5) is 14.0. The van der Waals surface area contributed by atoms with Gasteiger partial charge in [-0.15, -0.1) is 0 Å². The van der Waals surface area contributed by atoms with Gasteiger partial charge in [-0.2, -0.15) is 0 Å². The van der Waals surface area contributed by atoms with Crippen LogP contribution in [0.2, 0.25) is 0 Å². The summed E-state index contributed by atoms with van der Waals surface area (Å²) in [6, 6.07) is 0. The molecule has 120 valence electrons. The summed E-state index contributed by atoms with van der Waals surface area (Å²) in [6.07, 6.45) is 1.72. The van der Waals surface area contributed by atoms with Gasteiger partial charge in [0.15, 0.2) is 0 Å². The van der Waals surface area contributed by atoms with E-state index in [0.29, 0.717) is 12.5 Å². The lowest BCUT2D eigenvalue weighted by atomic mass is 9.97. The van der Waals surface area contributed by atoms with Crippen molar-refractivity contribution >= 4 is 28.5 Å².